The summed E-state index contributed by atoms with van der Waals surface area (Å²) in [5.41, 5.74) is 1.22. The Hall–Kier alpha value is -3.55. The molecule has 0 saturated carbocycles. The van der Waals surface area contributed by atoms with Crippen molar-refractivity contribution >= 4 is 11.9 Å². The van der Waals surface area contributed by atoms with Crippen LogP contribution in [0.5, 0.6) is 5.75 Å². The van der Waals surface area contributed by atoms with Crippen molar-refractivity contribution in [2.24, 2.45) is 0 Å². The summed E-state index contributed by atoms with van der Waals surface area (Å²) in [6.07, 6.45) is 1.86. The Morgan fingerprint density at radius 1 is 1.14 bits per heavy atom. The number of aromatic nitrogens is 2. The number of hydrogen-bond acceptors (Lipinski definition) is 6. The number of methoxy groups -OCH3 is 1. The molecule has 3 rings (SSSR count). The fourth-order valence-electron chi connectivity index (χ4n) is 2.47. The molecule has 0 saturated heterocycles. The van der Waals surface area contributed by atoms with Gasteiger partial charge in [0.1, 0.15) is 18.1 Å². The van der Waals surface area contributed by atoms with E-state index in [0.717, 1.165) is 12.2 Å². The van der Waals surface area contributed by atoms with Gasteiger partial charge in [0.2, 0.25) is 0 Å². The molecule has 28 heavy (non-hydrogen) atoms. The van der Waals surface area contributed by atoms with Crippen molar-refractivity contribution in [3.05, 3.63) is 71.4 Å². The van der Waals surface area contributed by atoms with Crippen LogP contribution in [0.3, 0.4) is 0 Å². The molecule has 0 spiro atoms. The van der Waals surface area contributed by atoms with Crippen molar-refractivity contribution in [1.29, 1.82) is 0 Å². The number of ether oxygens (including phenoxy) is 2. The summed E-state index contributed by atoms with van der Waals surface area (Å²) in [6.45, 7) is 3.26. The lowest BCUT2D eigenvalue weighted by atomic mass is 10.2. The Morgan fingerprint density at radius 2 is 1.93 bits per heavy atom. The number of furan rings is 1. The summed E-state index contributed by atoms with van der Waals surface area (Å²) in [6, 6.07) is 11.7. The second-order valence-corrected chi connectivity index (χ2v) is 5.92. The second kappa shape index (κ2) is 8.90. The van der Waals surface area contributed by atoms with Gasteiger partial charge in [0, 0.05) is 12.7 Å². The van der Waals surface area contributed by atoms with E-state index in [9.17, 15) is 9.59 Å². The monoisotopic (exact) mass is 383 g/mol. The predicted octanol–water partition coefficient (Wildman–Crippen LogP) is 2.79. The van der Waals surface area contributed by atoms with E-state index >= 15 is 0 Å². The number of amides is 1. The Morgan fingerprint density at radius 3 is 2.61 bits per heavy atom. The zero-order chi connectivity index (χ0) is 19.9. The third kappa shape index (κ3) is 4.79. The van der Waals surface area contributed by atoms with Gasteiger partial charge in [-0.3, -0.25) is 9.48 Å². The number of hydrogen-bond donors (Lipinski definition) is 1. The number of carbonyl (C=O) groups is 2. The first-order valence-corrected chi connectivity index (χ1v) is 8.79. The molecule has 1 amide bonds. The van der Waals surface area contributed by atoms with Crippen molar-refractivity contribution in [2.75, 3.05) is 7.11 Å². The smallest absolute Gasteiger partial charge is 0.337 e. The van der Waals surface area contributed by atoms with E-state index in [-0.39, 0.29) is 18.3 Å². The first kappa shape index (κ1) is 19.2. The molecule has 0 aliphatic rings. The molecular weight excluding hydrogens is 362 g/mol. The number of benzene rings is 1. The Kier molecular flexibility index (Phi) is 6.11. The molecule has 8 heteroatoms. The zero-order valence-electron chi connectivity index (χ0n) is 15.7. The molecule has 3 aromatic rings. The van der Waals surface area contributed by atoms with Gasteiger partial charge in [0.15, 0.2) is 5.76 Å². The maximum atomic E-state index is 12.2. The molecule has 0 radical (unpaired) electrons. The van der Waals surface area contributed by atoms with Crippen LogP contribution in [-0.4, -0.2) is 28.8 Å². The SMILES string of the molecule is CCn1ccc(CNC(=O)c2ccc(COc3ccc(C(=O)OC)cc3)o2)n1. The highest BCUT2D eigenvalue weighted by molar-refractivity contribution is 5.91. The van der Waals surface area contributed by atoms with Crippen LogP contribution < -0.4 is 10.1 Å². The molecule has 8 nitrogen and oxygen atoms in total. The van der Waals surface area contributed by atoms with Gasteiger partial charge in [0.05, 0.1) is 24.9 Å². The van der Waals surface area contributed by atoms with E-state index < -0.39 is 5.97 Å². The van der Waals surface area contributed by atoms with Crippen LogP contribution >= 0.6 is 0 Å². The Bertz CT molecular complexity index is 943. The summed E-state index contributed by atoms with van der Waals surface area (Å²) >= 11 is 0. The first-order chi connectivity index (χ1) is 13.6. The second-order valence-electron chi connectivity index (χ2n) is 5.92. The minimum Gasteiger partial charge on any atom is -0.486 e. The van der Waals surface area contributed by atoms with Crippen LogP contribution in [0.25, 0.3) is 0 Å². The molecule has 2 heterocycles. The highest BCUT2D eigenvalue weighted by Gasteiger charge is 2.12. The molecule has 1 N–H and O–H groups in total. The van der Waals surface area contributed by atoms with E-state index in [2.05, 4.69) is 15.2 Å². The number of nitrogens with zero attached hydrogens (tertiary/aromatic N) is 2. The molecule has 0 atom stereocenters. The predicted molar refractivity (Wildman–Crippen MR) is 99.9 cm³/mol. The zero-order valence-corrected chi connectivity index (χ0v) is 15.7. The van der Waals surface area contributed by atoms with Crippen molar-refractivity contribution in [3.8, 4) is 5.75 Å². The van der Waals surface area contributed by atoms with Crippen LogP contribution in [0.1, 0.15) is 39.3 Å². The molecule has 0 aliphatic heterocycles. The van der Waals surface area contributed by atoms with Gasteiger partial charge in [-0.1, -0.05) is 0 Å². The average Bonchev–Trinajstić information content (AvgIpc) is 3.39. The standard InChI is InChI=1S/C20H21N3O5/c1-3-23-11-10-15(22-23)12-21-19(24)18-9-8-17(28-18)13-27-16-6-4-14(5-7-16)20(25)26-2/h4-11H,3,12-13H2,1-2H3,(H,21,24). The van der Waals surface area contributed by atoms with Crippen molar-refractivity contribution in [3.63, 3.8) is 0 Å². The van der Waals surface area contributed by atoms with Crippen molar-refractivity contribution in [2.45, 2.75) is 26.6 Å². The fourth-order valence-corrected chi connectivity index (χ4v) is 2.47. The normalized spacial score (nSPS) is 10.5. The lowest BCUT2D eigenvalue weighted by molar-refractivity contribution is 0.0600. The Balaban J connectivity index is 1.50. The van der Waals surface area contributed by atoms with Crippen LogP contribution in [0.15, 0.2) is 53.1 Å². The number of rotatable bonds is 8. The summed E-state index contributed by atoms with van der Waals surface area (Å²) in [5.74, 6) is 0.558. The Labute approximate surface area is 162 Å². The first-order valence-electron chi connectivity index (χ1n) is 8.79. The summed E-state index contributed by atoms with van der Waals surface area (Å²) < 4.78 is 17.6. The van der Waals surface area contributed by atoms with Gasteiger partial charge in [-0.05, 0) is 49.4 Å². The minimum absolute atomic E-state index is 0.158. The number of aryl methyl sites for hydroxylation is 1. The quantitative estimate of drug-likeness (QED) is 0.601. The van der Waals surface area contributed by atoms with Crippen LogP contribution in [0.4, 0.5) is 0 Å². The number of carbonyl (C=O) groups excluding carboxylic acids is 2. The topological polar surface area (TPSA) is 95.6 Å². The van der Waals surface area contributed by atoms with E-state index in [1.165, 1.54) is 7.11 Å². The van der Waals surface area contributed by atoms with E-state index in [1.54, 1.807) is 41.1 Å². The molecule has 2 aromatic heterocycles. The third-order valence-electron chi connectivity index (χ3n) is 3.99. The summed E-state index contributed by atoms with van der Waals surface area (Å²) in [4.78, 5) is 23.6. The maximum Gasteiger partial charge on any atom is 0.337 e. The molecule has 0 fully saturated rings. The van der Waals surface area contributed by atoms with Crippen molar-refractivity contribution in [1.82, 2.24) is 15.1 Å². The minimum atomic E-state index is -0.408. The van der Waals surface area contributed by atoms with Crippen LogP contribution in [0.2, 0.25) is 0 Å². The van der Waals surface area contributed by atoms with Gasteiger partial charge >= 0.3 is 5.97 Å². The summed E-state index contributed by atoms with van der Waals surface area (Å²) in [5, 5.41) is 7.08. The maximum absolute atomic E-state index is 12.2. The van der Waals surface area contributed by atoms with Gasteiger partial charge in [-0.2, -0.15) is 5.10 Å². The van der Waals surface area contributed by atoms with Gasteiger partial charge in [0.25, 0.3) is 5.91 Å². The number of esters is 1. The molecule has 1 aromatic carbocycles. The van der Waals surface area contributed by atoms with Gasteiger partial charge in [-0.15, -0.1) is 0 Å². The largest absolute Gasteiger partial charge is 0.486 e. The third-order valence-corrected chi connectivity index (χ3v) is 3.99. The summed E-state index contributed by atoms with van der Waals surface area (Å²) in [7, 11) is 1.33. The lowest BCUT2D eigenvalue weighted by Crippen LogP contribution is -2.22. The van der Waals surface area contributed by atoms with Crippen molar-refractivity contribution < 1.29 is 23.5 Å². The van der Waals surface area contributed by atoms with Crippen LogP contribution in [0, 0.1) is 0 Å². The number of nitrogens with one attached hydrogen (secondary N) is 1. The molecule has 0 bridgehead atoms. The van der Waals surface area contributed by atoms with Gasteiger partial charge < -0.3 is 19.2 Å². The van der Waals surface area contributed by atoms with Gasteiger partial charge in [-0.25, -0.2) is 4.79 Å². The highest BCUT2D eigenvalue weighted by Crippen LogP contribution is 2.16. The van der Waals surface area contributed by atoms with Crippen LogP contribution in [-0.2, 0) is 24.4 Å². The van der Waals surface area contributed by atoms with E-state index in [4.69, 9.17) is 9.15 Å². The molecular formula is C20H21N3O5. The van der Waals surface area contributed by atoms with E-state index in [1.807, 2.05) is 19.2 Å². The average molecular weight is 383 g/mol. The molecule has 146 valence electrons. The molecule has 0 unspecified atom stereocenters. The highest BCUT2D eigenvalue weighted by atomic mass is 16.5. The molecule has 0 aliphatic carbocycles. The van der Waals surface area contributed by atoms with E-state index in [0.29, 0.717) is 23.6 Å². The fraction of sp³-hybridized carbons (Fsp3) is 0.250. The lowest BCUT2D eigenvalue weighted by Gasteiger charge is -2.05.